The first-order valence-corrected chi connectivity index (χ1v) is 12.7. The number of nitrogens with one attached hydrogen (secondary N) is 1. The number of aryl methyl sites for hydroxylation is 1. The lowest BCUT2D eigenvalue weighted by Crippen LogP contribution is -2.17. The molecule has 2 aromatic heterocycles. The monoisotopic (exact) mass is 460 g/mol. The largest absolute Gasteiger partial charge is 0.310 e. The van der Waals surface area contributed by atoms with E-state index in [9.17, 15) is 13.2 Å². The molecule has 3 heterocycles. The third-order valence-electron chi connectivity index (χ3n) is 5.16. The molecule has 1 amide bonds. The lowest BCUT2D eigenvalue weighted by molar-refractivity contribution is -0.113. The van der Waals surface area contributed by atoms with E-state index in [0.29, 0.717) is 23.8 Å². The van der Waals surface area contributed by atoms with Crippen LogP contribution in [0.3, 0.4) is 0 Å². The first-order chi connectivity index (χ1) is 14.8. The Morgan fingerprint density at radius 2 is 2.03 bits per heavy atom. The number of nitrogens with zero attached hydrogens (tertiary/aromatic N) is 5. The van der Waals surface area contributed by atoms with Gasteiger partial charge in [0.2, 0.25) is 5.91 Å². The van der Waals surface area contributed by atoms with Crippen molar-refractivity contribution in [3.05, 3.63) is 47.9 Å². The molecular formula is C20H24N6O3S2. The van der Waals surface area contributed by atoms with Crippen LogP contribution in [0, 0.1) is 12.8 Å². The van der Waals surface area contributed by atoms with Gasteiger partial charge in [-0.25, -0.2) is 13.1 Å². The van der Waals surface area contributed by atoms with E-state index in [2.05, 4.69) is 20.6 Å². The minimum Gasteiger partial charge on any atom is -0.310 e. The molecule has 0 saturated carbocycles. The number of thioether (sulfide) groups is 1. The second-order valence-electron chi connectivity index (χ2n) is 7.69. The van der Waals surface area contributed by atoms with Gasteiger partial charge in [0, 0.05) is 19.5 Å². The molecule has 1 saturated heterocycles. The summed E-state index contributed by atoms with van der Waals surface area (Å²) in [6.45, 7) is 1.88. The fraction of sp³-hybridized carbons (Fsp3) is 0.400. The highest BCUT2D eigenvalue weighted by Crippen LogP contribution is 2.24. The number of benzene rings is 1. The second kappa shape index (κ2) is 8.83. The minimum atomic E-state index is -2.92. The molecule has 3 aromatic rings. The average Bonchev–Trinajstić information content (AvgIpc) is 3.38. The number of carbonyl (C=O) groups is 1. The van der Waals surface area contributed by atoms with Gasteiger partial charge in [0.1, 0.15) is 11.6 Å². The van der Waals surface area contributed by atoms with Crippen molar-refractivity contribution in [1.82, 2.24) is 24.5 Å². The number of anilines is 1. The van der Waals surface area contributed by atoms with Gasteiger partial charge >= 0.3 is 0 Å². The van der Waals surface area contributed by atoms with Crippen LogP contribution in [0.15, 0.2) is 41.6 Å². The van der Waals surface area contributed by atoms with Crippen LogP contribution in [0.2, 0.25) is 0 Å². The van der Waals surface area contributed by atoms with E-state index in [-0.39, 0.29) is 29.1 Å². The van der Waals surface area contributed by atoms with Gasteiger partial charge in [0.05, 0.1) is 28.6 Å². The normalized spacial score (nSPS) is 17.7. The zero-order valence-corrected chi connectivity index (χ0v) is 19.0. The molecule has 1 N–H and O–H groups in total. The first kappa shape index (κ1) is 21.6. The molecule has 1 atom stereocenters. The highest BCUT2D eigenvalue weighted by atomic mass is 32.2. The summed E-state index contributed by atoms with van der Waals surface area (Å²) in [4.78, 5) is 12.5. The SMILES string of the molecule is Cc1cc(NC(=O)CSc2nnc(C[C@@H]3CCS(=O)(=O)C3)n2C)n(-c2ccccc2)n1. The second-order valence-corrected chi connectivity index (χ2v) is 10.9. The van der Waals surface area contributed by atoms with Gasteiger partial charge in [-0.1, -0.05) is 30.0 Å². The maximum Gasteiger partial charge on any atom is 0.236 e. The highest BCUT2D eigenvalue weighted by molar-refractivity contribution is 7.99. The molecule has 1 aliphatic rings. The van der Waals surface area contributed by atoms with E-state index < -0.39 is 9.84 Å². The van der Waals surface area contributed by atoms with Gasteiger partial charge in [-0.3, -0.25) is 4.79 Å². The molecule has 9 nitrogen and oxygen atoms in total. The zero-order chi connectivity index (χ0) is 22.0. The Kier molecular flexibility index (Phi) is 6.15. The molecule has 1 fully saturated rings. The Balaban J connectivity index is 1.37. The zero-order valence-electron chi connectivity index (χ0n) is 17.4. The van der Waals surface area contributed by atoms with E-state index in [0.717, 1.165) is 17.2 Å². The van der Waals surface area contributed by atoms with Gasteiger partial charge in [0.15, 0.2) is 15.0 Å². The smallest absolute Gasteiger partial charge is 0.236 e. The van der Waals surface area contributed by atoms with Gasteiger partial charge in [-0.05, 0) is 31.4 Å². The first-order valence-electron chi connectivity index (χ1n) is 9.94. The summed E-state index contributed by atoms with van der Waals surface area (Å²) in [6.07, 6.45) is 1.24. The maximum absolute atomic E-state index is 12.5. The molecule has 0 aliphatic carbocycles. The van der Waals surface area contributed by atoms with Crippen LogP contribution in [0.1, 0.15) is 17.9 Å². The Hall–Kier alpha value is -2.66. The van der Waals surface area contributed by atoms with Crippen molar-refractivity contribution in [2.75, 3.05) is 22.6 Å². The molecule has 31 heavy (non-hydrogen) atoms. The summed E-state index contributed by atoms with van der Waals surface area (Å²) in [7, 11) is -1.08. The highest BCUT2D eigenvalue weighted by Gasteiger charge is 2.29. The van der Waals surface area contributed by atoms with Gasteiger partial charge in [-0.2, -0.15) is 5.10 Å². The van der Waals surface area contributed by atoms with E-state index in [1.165, 1.54) is 11.8 Å². The van der Waals surface area contributed by atoms with E-state index in [1.807, 2.05) is 54.9 Å². The number of hydrogen-bond donors (Lipinski definition) is 1. The Morgan fingerprint density at radius 3 is 2.74 bits per heavy atom. The Bertz CT molecular complexity index is 1190. The number of sulfone groups is 1. The van der Waals surface area contributed by atoms with Crippen LogP contribution in [0.4, 0.5) is 5.82 Å². The minimum absolute atomic E-state index is 0.0792. The van der Waals surface area contributed by atoms with Gasteiger partial charge in [-0.15, -0.1) is 10.2 Å². The van der Waals surface area contributed by atoms with Crippen molar-refractivity contribution in [3.63, 3.8) is 0 Å². The van der Waals surface area contributed by atoms with Crippen LogP contribution in [0.5, 0.6) is 0 Å². The molecule has 0 unspecified atom stereocenters. The molecule has 4 rings (SSSR count). The van der Waals surface area contributed by atoms with Gasteiger partial charge < -0.3 is 9.88 Å². The average molecular weight is 461 g/mol. The van der Waals surface area contributed by atoms with E-state index in [1.54, 1.807) is 4.68 Å². The van der Waals surface area contributed by atoms with Crippen LogP contribution >= 0.6 is 11.8 Å². The van der Waals surface area contributed by atoms with E-state index >= 15 is 0 Å². The molecule has 164 valence electrons. The van der Waals surface area contributed by atoms with Gasteiger partial charge in [0.25, 0.3) is 0 Å². The summed E-state index contributed by atoms with van der Waals surface area (Å²) in [6, 6.07) is 11.4. The number of rotatable bonds is 7. The van der Waals surface area contributed by atoms with Crippen molar-refractivity contribution in [2.45, 2.75) is 24.9 Å². The molecule has 1 aromatic carbocycles. The summed E-state index contributed by atoms with van der Waals surface area (Å²) in [5.41, 5.74) is 1.67. The number of amides is 1. The van der Waals surface area contributed by atoms with Crippen molar-refractivity contribution in [1.29, 1.82) is 0 Å². The fourth-order valence-electron chi connectivity index (χ4n) is 3.60. The van der Waals surface area contributed by atoms with Crippen LogP contribution < -0.4 is 5.32 Å². The third-order valence-corrected chi connectivity index (χ3v) is 8.01. The standard InChI is InChI=1S/C20H24N6O3S2/c1-14-10-17(26(24-14)16-6-4-3-5-7-16)21-19(27)12-30-20-23-22-18(25(20)2)11-15-8-9-31(28,29)13-15/h3-7,10,15H,8-9,11-13H2,1-2H3,(H,21,27)/t15-/m0/s1. The molecule has 0 bridgehead atoms. The van der Waals surface area contributed by atoms with Crippen LogP contribution in [-0.4, -0.2) is 56.1 Å². The molecule has 11 heteroatoms. The van der Waals surface area contributed by atoms with E-state index in [4.69, 9.17) is 0 Å². The number of carbonyl (C=O) groups excluding carboxylic acids is 1. The van der Waals surface area contributed by atoms with Crippen molar-refractivity contribution in [2.24, 2.45) is 13.0 Å². The lowest BCUT2D eigenvalue weighted by atomic mass is 10.1. The Morgan fingerprint density at radius 1 is 1.26 bits per heavy atom. The summed E-state index contributed by atoms with van der Waals surface area (Å²) in [5.74, 6) is 1.88. The summed E-state index contributed by atoms with van der Waals surface area (Å²) < 4.78 is 26.9. The van der Waals surface area contributed by atoms with Crippen LogP contribution in [-0.2, 0) is 28.1 Å². The topological polar surface area (TPSA) is 112 Å². The molecule has 0 radical (unpaired) electrons. The molecular weight excluding hydrogens is 436 g/mol. The number of hydrogen-bond acceptors (Lipinski definition) is 7. The van der Waals surface area contributed by atoms with Crippen molar-refractivity contribution >= 4 is 33.3 Å². The number of aromatic nitrogens is 5. The lowest BCUT2D eigenvalue weighted by Gasteiger charge is -2.09. The number of para-hydroxylation sites is 1. The van der Waals surface area contributed by atoms with Crippen LogP contribution in [0.25, 0.3) is 5.69 Å². The van der Waals surface area contributed by atoms with Crippen molar-refractivity contribution < 1.29 is 13.2 Å². The summed E-state index contributed by atoms with van der Waals surface area (Å²) >= 11 is 1.29. The van der Waals surface area contributed by atoms with Crippen molar-refractivity contribution in [3.8, 4) is 5.69 Å². The predicted octanol–water partition coefficient (Wildman–Crippen LogP) is 2.02. The Labute approximate surface area is 185 Å². The summed E-state index contributed by atoms with van der Waals surface area (Å²) in [5, 5.41) is 16.4. The quantitative estimate of drug-likeness (QED) is 0.537. The molecule has 0 spiro atoms. The maximum atomic E-state index is 12.5. The molecule has 1 aliphatic heterocycles. The third kappa shape index (κ3) is 5.16. The predicted molar refractivity (Wildman–Crippen MR) is 119 cm³/mol. The fourth-order valence-corrected chi connectivity index (χ4v) is 6.20.